The second-order valence-electron chi connectivity index (χ2n) is 7.63. The number of H-pyrrole nitrogens is 1. The molecule has 2 aromatic heterocycles. The third-order valence-corrected chi connectivity index (χ3v) is 5.51. The van der Waals surface area contributed by atoms with Gasteiger partial charge in [-0.3, -0.25) is 4.98 Å². The van der Waals surface area contributed by atoms with Crippen LogP contribution in [0.3, 0.4) is 0 Å². The Hall–Kier alpha value is -2.93. The summed E-state index contributed by atoms with van der Waals surface area (Å²) in [4.78, 5) is 26.5. The standard InChI is InChI=1S/C22H27N5O2/c1-15-7-8-19-21(16(15)2)26-20(25-19)12-24-22(28)27-10-4-6-18(13-27)29-14-17-5-3-9-23-11-17/h3,5,7-9,11,18H,4,6,10,12-14H2,1-2H3,(H,24,28)(H,25,26)/t18-/m1/s1. The van der Waals surface area contributed by atoms with E-state index in [1.165, 1.54) is 11.1 Å². The van der Waals surface area contributed by atoms with Crippen LogP contribution in [0, 0.1) is 13.8 Å². The fraction of sp³-hybridized carbons (Fsp3) is 0.409. The lowest BCUT2D eigenvalue weighted by atomic mass is 10.1. The van der Waals surface area contributed by atoms with Crippen molar-refractivity contribution in [3.63, 3.8) is 0 Å². The summed E-state index contributed by atoms with van der Waals surface area (Å²) in [5, 5.41) is 2.99. The maximum Gasteiger partial charge on any atom is 0.317 e. The van der Waals surface area contributed by atoms with Crippen molar-refractivity contribution in [2.24, 2.45) is 0 Å². The second-order valence-corrected chi connectivity index (χ2v) is 7.63. The van der Waals surface area contributed by atoms with Gasteiger partial charge in [-0.15, -0.1) is 0 Å². The molecule has 4 rings (SSSR count). The third kappa shape index (κ3) is 4.56. The van der Waals surface area contributed by atoms with Crippen LogP contribution in [0.25, 0.3) is 11.0 Å². The number of ether oxygens (including phenoxy) is 1. The lowest BCUT2D eigenvalue weighted by molar-refractivity contribution is -0.000471. The fourth-order valence-electron chi connectivity index (χ4n) is 3.68. The van der Waals surface area contributed by atoms with Gasteiger partial charge in [0.15, 0.2) is 0 Å². The zero-order chi connectivity index (χ0) is 20.2. The van der Waals surface area contributed by atoms with Gasteiger partial charge in [0.2, 0.25) is 0 Å². The van der Waals surface area contributed by atoms with Crippen LogP contribution in [0.2, 0.25) is 0 Å². The summed E-state index contributed by atoms with van der Waals surface area (Å²) >= 11 is 0. The monoisotopic (exact) mass is 393 g/mol. The fourth-order valence-corrected chi connectivity index (χ4v) is 3.68. The van der Waals surface area contributed by atoms with Gasteiger partial charge in [-0.05, 0) is 55.5 Å². The Balaban J connectivity index is 1.30. The van der Waals surface area contributed by atoms with E-state index in [0.29, 0.717) is 19.7 Å². The number of hydrogen-bond acceptors (Lipinski definition) is 4. The number of carbonyl (C=O) groups is 1. The third-order valence-electron chi connectivity index (χ3n) is 5.51. The number of rotatable bonds is 5. The van der Waals surface area contributed by atoms with Crippen molar-refractivity contribution >= 4 is 17.1 Å². The molecule has 1 aliphatic rings. The van der Waals surface area contributed by atoms with E-state index >= 15 is 0 Å². The van der Waals surface area contributed by atoms with Crippen molar-refractivity contribution in [1.29, 1.82) is 0 Å². The molecule has 1 atom stereocenters. The number of amides is 2. The first-order valence-corrected chi connectivity index (χ1v) is 10.1. The molecule has 152 valence electrons. The van der Waals surface area contributed by atoms with Gasteiger partial charge in [0, 0.05) is 25.5 Å². The number of aryl methyl sites for hydroxylation is 2. The van der Waals surface area contributed by atoms with Crippen molar-refractivity contribution in [1.82, 2.24) is 25.2 Å². The van der Waals surface area contributed by atoms with Crippen molar-refractivity contribution in [3.05, 3.63) is 59.2 Å². The number of nitrogens with zero attached hydrogens (tertiary/aromatic N) is 3. The number of likely N-dealkylation sites (tertiary alicyclic amines) is 1. The first-order valence-electron chi connectivity index (χ1n) is 10.1. The Bertz CT molecular complexity index is 986. The number of hydrogen-bond donors (Lipinski definition) is 2. The van der Waals surface area contributed by atoms with E-state index in [1.807, 2.05) is 29.3 Å². The highest BCUT2D eigenvalue weighted by molar-refractivity contribution is 5.80. The van der Waals surface area contributed by atoms with Gasteiger partial charge in [-0.25, -0.2) is 9.78 Å². The largest absolute Gasteiger partial charge is 0.372 e. The van der Waals surface area contributed by atoms with Crippen LogP contribution < -0.4 is 5.32 Å². The molecule has 3 heterocycles. The first kappa shape index (κ1) is 19.4. The van der Waals surface area contributed by atoms with Crippen molar-refractivity contribution < 1.29 is 9.53 Å². The van der Waals surface area contributed by atoms with Crippen LogP contribution in [-0.2, 0) is 17.9 Å². The highest BCUT2D eigenvalue weighted by atomic mass is 16.5. The average Bonchev–Trinajstić information content (AvgIpc) is 3.18. The molecule has 0 bridgehead atoms. The lowest BCUT2D eigenvalue weighted by Crippen LogP contribution is -2.47. The average molecular weight is 393 g/mol. The Morgan fingerprint density at radius 2 is 2.24 bits per heavy atom. The van der Waals surface area contributed by atoms with E-state index in [2.05, 4.69) is 40.2 Å². The number of aromatic amines is 1. The molecule has 7 nitrogen and oxygen atoms in total. The van der Waals surface area contributed by atoms with E-state index in [-0.39, 0.29) is 12.1 Å². The number of urea groups is 1. The molecule has 29 heavy (non-hydrogen) atoms. The van der Waals surface area contributed by atoms with Gasteiger partial charge in [0.25, 0.3) is 0 Å². The molecule has 0 aliphatic carbocycles. The van der Waals surface area contributed by atoms with Gasteiger partial charge in [0.05, 0.1) is 30.3 Å². The molecule has 1 aromatic carbocycles. The number of imidazole rings is 1. The van der Waals surface area contributed by atoms with E-state index in [4.69, 9.17) is 4.74 Å². The molecule has 1 fully saturated rings. The first-order chi connectivity index (χ1) is 14.1. The van der Waals surface area contributed by atoms with E-state index in [9.17, 15) is 4.79 Å². The molecule has 0 spiro atoms. The Morgan fingerprint density at radius 1 is 1.34 bits per heavy atom. The highest BCUT2D eigenvalue weighted by Gasteiger charge is 2.24. The van der Waals surface area contributed by atoms with Crippen molar-refractivity contribution in [2.45, 2.75) is 45.9 Å². The predicted octanol–water partition coefficient (Wildman–Crippen LogP) is 3.47. The molecule has 2 N–H and O–H groups in total. The summed E-state index contributed by atoms with van der Waals surface area (Å²) in [5.41, 5.74) is 5.39. The molecule has 0 radical (unpaired) electrons. The topological polar surface area (TPSA) is 83.1 Å². The highest BCUT2D eigenvalue weighted by Crippen LogP contribution is 2.19. The Labute approximate surface area is 170 Å². The van der Waals surface area contributed by atoms with Crippen LogP contribution in [-0.4, -0.2) is 45.1 Å². The van der Waals surface area contributed by atoms with Crippen LogP contribution in [0.1, 0.15) is 35.4 Å². The van der Waals surface area contributed by atoms with E-state index < -0.39 is 0 Å². The zero-order valence-electron chi connectivity index (χ0n) is 16.9. The molecule has 0 unspecified atom stereocenters. The molecule has 1 saturated heterocycles. The SMILES string of the molecule is Cc1ccc2[nH]c(CNC(=O)N3CCC[C@@H](OCc4cccnc4)C3)nc2c1C. The van der Waals surface area contributed by atoms with E-state index in [0.717, 1.165) is 41.8 Å². The predicted molar refractivity (Wildman–Crippen MR) is 111 cm³/mol. The summed E-state index contributed by atoms with van der Waals surface area (Å²) < 4.78 is 6.00. The number of fused-ring (bicyclic) bond motifs is 1. The summed E-state index contributed by atoms with van der Waals surface area (Å²) in [6.45, 7) is 6.39. The number of piperidine rings is 1. The molecular formula is C22H27N5O2. The van der Waals surface area contributed by atoms with Crippen LogP contribution >= 0.6 is 0 Å². The smallest absolute Gasteiger partial charge is 0.317 e. The van der Waals surface area contributed by atoms with Crippen LogP contribution in [0.4, 0.5) is 4.79 Å². The quantitative estimate of drug-likeness (QED) is 0.695. The van der Waals surface area contributed by atoms with Gasteiger partial charge in [0.1, 0.15) is 5.82 Å². The summed E-state index contributed by atoms with van der Waals surface area (Å²) in [6, 6.07) is 7.94. The molecule has 3 aromatic rings. The maximum absolute atomic E-state index is 12.6. The van der Waals surface area contributed by atoms with E-state index in [1.54, 1.807) is 6.20 Å². The number of nitrogens with one attached hydrogen (secondary N) is 2. The maximum atomic E-state index is 12.6. The van der Waals surface area contributed by atoms with Gasteiger partial charge < -0.3 is 19.9 Å². The van der Waals surface area contributed by atoms with Crippen LogP contribution in [0.15, 0.2) is 36.7 Å². The molecule has 2 amide bonds. The number of aromatic nitrogens is 3. The van der Waals surface area contributed by atoms with Crippen molar-refractivity contribution in [3.8, 4) is 0 Å². The van der Waals surface area contributed by atoms with Gasteiger partial charge in [-0.2, -0.15) is 0 Å². The molecule has 1 aliphatic heterocycles. The van der Waals surface area contributed by atoms with Crippen molar-refractivity contribution in [2.75, 3.05) is 13.1 Å². The number of benzene rings is 1. The number of pyridine rings is 1. The Morgan fingerprint density at radius 3 is 3.07 bits per heavy atom. The van der Waals surface area contributed by atoms with Gasteiger partial charge >= 0.3 is 6.03 Å². The lowest BCUT2D eigenvalue weighted by Gasteiger charge is -2.32. The summed E-state index contributed by atoms with van der Waals surface area (Å²) in [5.74, 6) is 0.767. The molecule has 0 saturated carbocycles. The molecule has 7 heteroatoms. The normalized spacial score (nSPS) is 16.9. The minimum atomic E-state index is -0.0759. The second kappa shape index (κ2) is 8.61. The minimum absolute atomic E-state index is 0.0477. The Kier molecular flexibility index (Phi) is 5.76. The summed E-state index contributed by atoms with van der Waals surface area (Å²) in [6.07, 6.45) is 5.51. The summed E-state index contributed by atoms with van der Waals surface area (Å²) in [7, 11) is 0. The molecular weight excluding hydrogens is 366 g/mol. The van der Waals surface area contributed by atoms with Crippen LogP contribution in [0.5, 0.6) is 0 Å². The zero-order valence-corrected chi connectivity index (χ0v) is 16.9. The van der Waals surface area contributed by atoms with Gasteiger partial charge in [-0.1, -0.05) is 12.1 Å². The minimum Gasteiger partial charge on any atom is -0.372 e. The number of carbonyl (C=O) groups excluding carboxylic acids is 1.